The smallest absolute Gasteiger partial charge is 0.257 e. The van der Waals surface area contributed by atoms with E-state index in [0.29, 0.717) is 17.1 Å². The zero-order chi connectivity index (χ0) is 12.4. The zero-order valence-electron chi connectivity index (χ0n) is 10.4. The normalized spacial score (nSPS) is 14.3. The molecule has 2 rings (SSSR count). The number of hydrogen-bond acceptors (Lipinski definition) is 4. The molecule has 0 aliphatic heterocycles. The van der Waals surface area contributed by atoms with E-state index in [9.17, 15) is 4.79 Å². The molecule has 1 heterocycles. The summed E-state index contributed by atoms with van der Waals surface area (Å²) in [5.41, 5.74) is 0.557. The molecule has 0 unspecified atom stereocenters. The molecule has 1 aromatic heterocycles. The van der Waals surface area contributed by atoms with Gasteiger partial charge in [-0.2, -0.15) is 0 Å². The van der Waals surface area contributed by atoms with Gasteiger partial charge in [-0.05, 0) is 18.9 Å². The fraction of sp³-hybridized carbons (Fsp3) is 0.500. The summed E-state index contributed by atoms with van der Waals surface area (Å²) in [7, 11) is 5.22. The molecule has 1 aliphatic rings. The Labute approximate surface area is 101 Å². The first-order valence-electron chi connectivity index (χ1n) is 5.68. The number of carbonyl (C=O) groups is 1. The molecule has 1 aliphatic carbocycles. The summed E-state index contributed by atoms with van der Waals surface area (Å²) in [4.78, 5) is 17.7. The van der Waals surface area contributed by atoms with Crippen LogP contribution in [-0.2, 0) is 0 Å². The van der Waals surface area contributed by atoms with Crippen LogP contribution in [0, 0.1) is 0 Å². The maximum atomic E-state index is 12.0. The van der Waals surface area contributed by atoms with Crippen molar-refractivity contribution in [3.05, 3.63) is 17.8 Å². The highest BCUT2D eigenvalue weighted by molar-refractivity contribution is 5.97. The zero-order valence-corrected chi connectivity index (χ0v) is 10.4. The second kappa shape index (κ2) is 4.61. The first kappa shape index (κ1) is 11.7. The second-order valence-electron chi connectivity index (χ2n) is 4.33. The molecule has 5 nitrogen and oxygen atoms in total. The molecular formula is C12H17N3O2. The molecule has 0 saturated heterocycles. The third kappa shape index (κ3) is 2.67. The van der Waals surface area contributed by atoms with Crippen molar-refractivity contribution in [3.8, 4) is 5.75 Å². The standard InChI is InChI=1S/C12H17N3O2/c1-13-11-6-9(12(16)15(2)3)10(7-14-11)17-8-4-5-8/h6-8H,4-5H2,1-3H3,(H,13,14). The Hall–Kier alpha value is -1.78. The maximum absolute atomic E-state index is 12.0. The average molecular weight is 235 g/mol. The highest BCUT2D eigenvalue weighted by atomic mass is 16.5. The summed E-state index contributed by atoms with van der Waals surface area (Å²) < 4.78 is 5.69. The highest BCUT2D eigenvalue weighted by Crippen LogP contribution is 2.30. The Morgan fingerprint density at radius 1 is 1.53 bits per heavy atom. The van der Waals surface area contributed by atoms with Crippen LogP contribution in [-0.4, -0.2) is 43.0 Å². The molecule has 1 saturated carbocycles. The number of nitrogens with one attached hydrogen (secondary N) is 1. The predicted molar refractivity (Wildman–Crippen MR) is 65.5 cm³/mol. The Morgan fingerprint density at radius 3 is 2.76 bits per heavy atom. The van der Waals surface area contributed by atoms with Gasteiger partial charge in [0.25, 0.3) is 5.91 Å². The van der Waals surface area contributed by atoms with Gasteiger partial charge < -0.3 is 15.0 Å². The minimum Gasteiger partial charge on any atom is -0.488 e. The Kier molecular flexibility index (Phi) is 3.17. The Bertz CT molecular complexity index is 428. The Balaban J connectivity index is 2.31. The van der Waals surface area contributed by atoms with Crippen molar-refractivity contribution in [1.29, 1.82) is 0 Å². The molecule has 5 heteroatoms. The van der Waals surface area contributed by atoms with Crippen LogP contribution in [0.15, 0.2) is 12.3 Å². The van der Waals surface area contributed by atoms with Crippen LogP contribution >= 0.6 is 0 Å². The van der Waals surface area contributed by atoms with E-state index in [1.54, 1.807) is 33.4 Å². The van der Waals surface area contributed by atoms with Gasteiger partial charge in [-0.15, -0.1) is 0 Å². The fourth-order valence-electron chi connectivity index (χ4n) is 1.45. The number of anilines is 1. The summed E-state index contributed by atoms with van der Waals surface area (Å²) in [6.07, 6.45) is 3.99. The lowest BCUT2D eigenvalue weighted by atomic mass is 10.2. The van der Waals surface area contributed by atoms with E-state index < -0.39 is 0 Å². The summed E-state index contributed by atoms with van der Waals surface area (Å²) in [6.45, 7) is 0. The number of aromatic nitrogens is 1. The van der Waals surface area contributed by atoms with Gasteiger partial charge in [0.15, 0.2) is 5.75 Å². The lowest BCUT2D eigenvalue weighted by molar-refractivity contribution is 0.0822. The molecule has 1 amide bonds. The van der Waals surface area contributed by atoms with E-state index in [1.165, 1.54) is 4.90 Å². The van der Waals surface area contributed by atoms with Crippen molar-refractivity contribution in [2.24, 2.45) is 0 Å². The lowest BCUT2D eigenvalue weighted by Gasteiger charge is -2.15. The van der Waals surface area contributed by atoms with Crippen LogP contribution in [0.1, 0.15) is 23.2 Å². The number of pyridine rings is 1. The van der Waals surface area contributed by atoms with Gasteiger partial charge in [0.1, 0.15) is 5.82 Å². The molecule has 0 aromatic carbocycles. The van der Waals surface area contributed by atoms with E-state index in [1.807, 2.05) is 0 Å². The Morgan fingerprint density at radius 2 is 2.24 bits per heavy atom. The van der Waals surface area contributed by atoms with Crippen LogP contribution in [0.4, 0.5) is 5.82 Å². The molecular weight excluding hydrogens is 218 g/mol. The van der Waals surface area contributed by atoms with Crippen molar-refractivity contribution >= 4 is 11.7 Å². The summed E-state index contributed by atoms with van der Waals surface area (Å²) in [6, 6.07) is 1.72. The van der Waals surface area contributed by atoms with Gasteiger partial charge in [-0.3, -0.25) is 4.79 Å². The van der Waals surface area contributed by atoms with Crippen molar-refractivity contribution in [1.82, 2.24) is 9.88 Å². The number of rotatable bonds is 4. The highest BCUT2D eigenvalue weighted by Gasteiger charge is 2.26. The van der Waals surface area contributed by atoms with Crippen LogP contribution < -0.4 is 10.1 Å². The molecule has 0 radical (unpaired) electrons. The van der Waals surface area contributed by atoms with Crippen LogP contribution in [0.25, 0.3) is 0 Å². The average Bonchev–Trinajstić information content (AvgIpc) is 3.12. The van der Waals surface area contributed by atoms with Crippen molar-refractivity contribution in [2.45, 2.75) is 18.9 Å². The topological polar surface area (TPSA) is 54.5 Å². The van der Waals surface area contributed by atoms with Crippen LogP contribution in [0.3, 0.4) is 0 Å². The predicted octanol–water partition coefficient (Wildman–Crippen LogP) is 1.37. The quantitative estimate of drug-likeness (QED) is 0.856. The number of amides is 1. The minimum absolute atomic E-state index is 0.0699. The molecule has 0 atom stereocenters. The summed E-state index contributed by atoms with van der Waals surface area (Å²) in [5.74, 6) is 1.17. The molecule has 0 bridgehead atoms. The van der Waals surface area contributed by atoms with Crippen molar-refractivity contribution < 1.29 is 9.53 Å². The van der Waals surface area contributed by atoms with Gasteiger partial charge in [0.05, 0.1) is 17.9 Å². The largest absolute Gasteiger partial charge is 0.488 e. The monoisotopic (exact) mass is 235 g/mol. The van der Waals surface area contributed by atoms with Crippen LogP contribution in [0.2, 0.25) is 0 Å². The lowest BCUT2D eigenvalue weighted by Crippen LogP contribution is -2.23. The number of carbonyl (C=O) groups excluding carboxylic acids is 1. The molecule has 17 heavy (non-hydrogen) atoms. The van der Waals surface area contributed by atoms with Crippen LogP contribution in [0.5, 0.6) is 5.75 Å². The minimum atomic E-state index is -0.0699. The van der Waals surface area contributed by atoms with E-state index in [-0.39, 0.29) is 12.0 Å². The van der Waals surface area contributed by atoms with Gasteiger partial charge in [0, 0.05) is 21.1 Å². The summed E-state index contributed by atoms with van der Waals surface area (Å²) >= 11 is 0. The third-order valence-electron chi connectivity index (χ3n) is 2.58. The number of hydrogen-bond donors (Lipinski definition) is 1. The van der Waals surface area contributed by atoms with Gasteiger partial charge >= 0.3 is 0 Å². The molecule has 1 aromatic rings. The molecule has 1 fully saturated rings. The SMILES string of the molecule is CNc1cc(C(=O)N(C)C)c(OC2CC2)cn1. The van der Waals surface area contributed by atoms with E-state index in [2.05, 4.69) is 10.3 Å². The summed E-state index contributed by atoms with van der Waals surface area (Å²) in [5, 5.41) is 2.92. The number of nitrogens with zero attached hydrogens (tertiary/aromatic N) is 2. The number of ether oxygens (including phenoxy) is 1. The van der Waals surface area contributed by atoms with Gasteiger partial charge in [-0.25, -0.2) is 4.98 Å². The van der Waals surface area contributed by atoms with E-state index in [0.717, 1.165) is 12.8 Å². The first-order chi connectivity index (χ1) is 8.11. The van der Waals surface area contributed by atoms with Crippen molar-refractivity contribution in [3.63, 3.8) is 0 Å². The molecule has 92 valence electrons. The second-order valence-corrected chi connectivity index (χ2v) is 4.33. The third-order valence-corrected chi connectivity index (χ3v) is 2.58. The first-order valence-corrected chi connectivity index (χ1v) is 5.68. The van der Waals surface area contributed by atoms with E-state index >= 15 is 0 Å². The molecule has 0 spiro atoms. The van der Waals surface area contributed by atoms with Gasteiger partial charge in [0.2, 0.25) is 0 Å². The van der Waals surface area contributed by atoms with Crippen molar-refractivity contribution in [2.75, 3.05) is 26.5 Å². The fourth-order valence-corrected chi connectivity index (χ4v) is 1.45. The van der Waals surface area contributed by atoms with E-state index in [4.69, 9.17) is 4.74 Å². The van der Waals surface area contributed by atoms with Gasteiger partial charge in [-0.1, -0.05) is 0 Å². The maximum Gasteiger partial charge on any atom is 0.257 e. The molecule has 1 N–H and O–H groups in total.